The van der Waals surface area contributed by atoms with Gasteiger partial charge in [-0.1, -0.05) is 60.7 Å². The molecule has 1 heterocycles. The zero-order chi connectivity index (χ0) is 14.5. The van der Waals surface area contributed by atoms with Crippen LogP contribution in [0.3, 0.4) is 0 Å². The molecule has 2 nitrogen and oxygen atoms in total. The Balaban J connectivity index is 1.92. The maximum atomic E-state index is 10.7. The van der Waals surface area contributed by atoms with Crippen LogP contribution in [0.4, 0.5) is 0 Å². The number of furan rings is 1. The van der Waals surface area contributed by atoms with Gasteiger partial charge in [0.1, 0.15) is 5.76 Å². The maximum absolute atomic E-state index is 10.7. The molecule has 1 aromatic heterocycles. The molecule has 3 rings (SSSR count). The van der Waals surface area contributed by atoms with Crippen molar-refractivity contribution in [3.8, 4) is 0 Å². The molecule has 0 aliphatic rings. The Labute approximate surface area is 124 Å². The monoisotopic (exact) mass is 278 g/mol. The van der Waals surface area contributed by atoms with Crippen molar-refractivity contribution >= 4 is 0 Å². The molecule has 1 unspecified atom stereocenters. The third-order valence-electron chi connectivity index (χ3n) is 3.69. The first-order chi connectivity index (χ1) is 10.3. The van der Waals surface area contributed by atoms with E-state index in [1.807, 2.05) is 48.5 Å². The standard InChI is InChI=1S/C19H18O2/c20-18(14-17-12-7-13-21-17)19(15-8-3-1-4-9-15)16-10-5-2-6-11-16/h1-13,18-20H,14H2. The Morgan fingerprint density at radius 1 is 0.762 bits per heavy atom. The summed E-state index contributed by atoms with van der Waals surface area (Å²) in [5, 5.41) is 10.7. The van der Waals surface area contributed by atoms with E-state index in [1.165, 1.54) is 0 Å². The number of aliphatic hydroxyl groups is 1. The van der Waals surface area contributed by atoms with Gasteiger partial charge in [-0.25, -0.2) is 0 Å². The smallest absolute Gasteiger partial charge is 0.106 e. The van der Waals surface area contributed by atoms with Gasteiger partial charge in [-0.2, -0.15) is 0 Å². The van der Waals surface area contributed by atoms with Crippen LogP contribution in [0.2, 0.25) is 0 Å². The lowest BCUT2D eigenvalue weighted by molar-refractivity contribution is 0.150. The molecule has 0 aliphatic carbocycles. The Kier molecular flexibility index (Phi) is 4.17. The van der Waals surface area contributed by atoms with Crippen LogP contribution in [-0.2, 0) is 6.42 Å². The molecule has 2 aromatic carbocycles. The zero-order valence-corrected chi connectivity index (χ0v) is 11.7. The minimum Gasteiger partial charge on any atom is -0.469 e. The largest absolute Gasteiger partial charge is 0.469 e. The Hall–Kier alpha value is -2.32. The van der Waals surface area contributed by atoms with Crippen molar-refractivity contribution in [2.75, 3.05) is 0 Å². The van der Waals surface area contributed by atoms with Crippen molar-refractivity contribution in [2.24, 2.45) is 0 Å². The first kappa shape index (κ1) is 13.7. The zero-order valence-electron chi connectivity index (χ0n) is 11.7. The predicted molar refractivity (Wildman–Crippen MR) is 83.1 cm³/mol. The maximum Gasteiger partial charge on any atom is 0.106 e. The quantitative estimate of drug-likeness (QED) is 0.765. The molecule has 21 heavy (non-hydrogen) atoms. The Morgan fingerprint density at radius 2 is 1.33 bits per heavy atom. The van der Waals surface area contributed by atoms with E-state index < -0.39 is 6.10 Å². The van der Waals surface area contributed by atoms with Gasteiger partial charge in [0.25, 0.3) is 0 Å². The van der Waals surface area contributed by atoms with Crippen molar-refractivity contribution in [3.63, 3.8) is 0 Å². The summed E-state index contributed by atoms with van der Waals surface area (Å²) in [5.74, 6) is 0.747. The van der Waals surface area contributed by atoms with Gasteiger partial charge < -0.3 is 9.52 Å². The lowest BCUT2D eigenvalue weighted by Crippen LogP contribution is -2.22. The second-order valence-electron chi connectivity index (χ2n) is 5.15. The van der Waals surface area contributed by atoms with Gasteiger partial charge in [-0.05, 0) is 23.3 Å². The van der Waals surface area contributed by atoms with Crippen LogP contribution in [0, 0.1) is 0 Å². The third-order valence-corrected chi connectivity index (χ3v) is 3.69. The van der Waals surface area contributed by atoms with Crippen LogP contribution >= 0.6 is 0 Å². The van der Waals surface area contributed by atoms with E-state index in [0.29, 0.717) is 6.42 Å². The molecule has 2 heteroatoms. The molecule has 0 aliphatic heterocycles. The Morgan fingerprint density at radius 3 is 1.81 bits per heavy atom. The summed E-state index contributed by atoms with van der Waals surface area (Å²) >= 11 is 0. The molecule has 1 N–H and O–H groups in total. The molecule has 0 fully saturated rings. The summed E-state index contributed by atoms with van der Waals surface area (Å²) in [4.78, 5) is 0. The molecular formula is C19H18O2. The third kappa shape index (κ3) is 3.23. The second kappa shape index (κ2) is 6.42. The molecule has 3 aromatic rings. The van der Waals surface area contributed by atoms with Crippen LogP contribution in [0.15, 0.2) is 83.5 Å². The topological polar surface area (TPSA) is 33.4 Å². The van der Waals surface area contributed by atoms with E-state index in [0.717, 1.165) is 16.9 Å². The van der Waals surface area contributed by atoms with E-state index in [-0.39, 0.29) is 5.92 Å². The highest BCUT2D eigenvalue weighted by molar-refractivity contribution is 5.34. The van der Waals surface area contributed by atoms with E-state index in [4.69, 9.17) is 4.42 Å². The predicted octanol–water partition coefficient (Wildman–Crippen LogP) is 4.02. The van der Waals surface area contributed by atoms with Crippen molar-refractivity contribution < 1.29 is 9.52 Å². The number of aliphatic hydroxyl groups excluding tert-OH is 1. The normalized spacial score (nSPS) is 12.5. The highest BCUT2D eigenvalue weighted by atomic mass is 16.3. The minimum absolute atomic E-state index is 0.0579. The summed E-state index contributed by atoms with van der Waals surface area (Å²) in [6.07, 6.45) is 1.62. The summed E-state index contributed by atoms with van der Waals surface area (Å²) in [7, 11) is 0. The fourth-order valence-corrected chi connectivity index (χ4v) is 2.71. The summed E-state index contributed by atoms with van der Waals surface area (Å²) < 4.78 is 5.37. The molecule has 0 radical (unpaired) electrons. The lowest BCUT2D eigenvalue weighted by atomic mass is 9.85. The fourth-order valence-electron chi connectivity index (χ4n) is 2.71. The number of hydrogen-bond acceptors (Lipinski definition) is 2. The van der Waals surface area contributed by atoms with Gasteiger partial charge >= 0.3 is 0 Å². The Bertz CT molecular complexity index is 605. The summed E-state index contributed by atoms with van der Waals surface area (Å²) in [6.45, 7) is 0. The summed E-state index contributed by atoms with van der Waals surface area (Å²) in [5.41, 5.74) is 2.23. The molecular weight excluding hydrogens is 260 g/mol. The van der Waals surface area contributed by atoms with Crippen LogP contribution in [0.1, 0.15) is 22.8 Å². The van der Waals surface area contributed by atoms with Crippen molar-refractivity contribution in [1.82, 2.24) is 0 Å². The van der Waals surface area contributed by atoms with Crippen LogP contribution in [-0.4, -0.2) is 11.2 Å². The first-order valence-electron chi connectivity index (χ1n) is 7.15. The fraction of sp³-hybridized carbons (Fsp3) is 0.158. The highest BCUT2D eigenvalue weighted by Gasteiger charge is 2.23. The summed E-state index contributed by atoms with van der Waals surface area (Å²) in [6, 6.07) is 24.0. The van der Waals surface area contributed by atoms with Gasteiger partial charge in [0.15, 0.2) is 0 Å². The second-order valence-corrected chi connectivity index (χ2v) is 5.15. The van der Waals surface area contributed by atoms with E-state index in [9.17, 15) is 5.11 Å². The van der Waals surface area contributed by atoms with Crippen molar-refractivity contribution in [3.05, 3.63) is 95.9 Å². The lowest BCUT2D eigenvalue weighted by Gasteiger charge is -2.23. The molecule has 0 amide bonds. The van der Waals surface area contributed by atoms with Gasteiger partial charge in [0.2, 0.25) is 0 Å². The van der Waals surface area contributed by atoms with Crippen LogP contribution in [0.5, 0.6) is 0 Å². The SMILES string of the molecule is OC(Cc1ccco1)C(c1ccccc1)c1ccccc1. The van der Waals surface area contributed by atoms with Crippen LogP contribution in [0.25, 0.3) is 0 Å². The average Bonchev–Trinajstić information content (AvgIpc) is 3.02. The average molecular weight is 278 g/mol. The van der Waals surface area contributed by atoms with E-state index in [1.54, 1.807) is 6.26 Å². The highest BCUT2D eigenvalue weighted by Crippen LogP contribution is 2.29. The first-order valence-corrected chi connectivity index (χ1v) is 7.15. The number of hydrogen-bond donors (Lipinski definition) is 1. The van der Waals surface area contributed by atoms with Gasteiger partial charge in [0.05, 0.1) is 12.4 Å². The van der Waals surface area contributed by atoms with Gasteiger partial charge in [-0.3, -0.25) is 0 Å². The van der Waals surface area contributed by atoms with Crippen molar-refractivity contribution in [2.45, 2.75) is 18.4 Å². The van der Waals surface area contributed by atoms with E-state index in [2.05, 4.69) is 24.3 Å². The van der Waals surface area contributed by atoms with Gasteiger partial charge in [-0.15, -0.1) is 0 Å². The minimum atomic E-state index is -0.527. The molecule has 0 saturated carbocycles. The van der Waals surface area contributed by atoms with Gasteiger partial charge in [0, 0.05) is 12.3 Å². The molecule has 106 valence electrons. The number of rotatable bonds is 5. The van der Waals surface area contributed by atoms with Crippen molar-refractivity contribution in [1.29, 1.82) is 0 Å². The van der Waals surface area contributed by atoms with Crippen LogP contribution < -0.4 is 0 Å². The number of benzene rings is 2. The molecule has 1 atom stereocenters. The van der Waals surface area contributed by atoms with E-state index >= 15 is 0 Å². The molecule has 0 spiro atoms. The molecule has 0 bridgehead atoms. The molecule has 0 saturated heterocycles.